The molecule has 0 bridgehead atoms. The van der Waals surface area contributed by atoms with E-state index in [4.69, 9.17) is 4.74 Å². The van der Waals surface area contributed by atoms with Gasteiger partial charge in [0.25, 0.3) is 0 Å². The Labute approximate surface area is 83.2 Å². The van der Waals surface area contributed by atoms with Crippen LogP contribution >= 0.6 is 11.3 Å². The van der Waals surface area contributed by atoms with Crippen molar-refractivity contribution in [3.8, 4) is 0 Å². The molecule has 0 aliphatic rings. The Morgan fingerprint density at radius 2 is 2.38 bits per heavy atom. The molecule has 2 nitrogen and oxygen atoms in total. The van der Waals surface area contributed by atoms with Crippen LogP contribution in [0.4, 0.5) is 0 Å². The van der Waals surface area contributed by atoms with Crippen molar-refractivity contribution in [3.63, 3.8) is 0 Å². The van der Waals surface area contributed by atoms with Gasteiger partial charge < -0.3 is 9.84 Å². The molecular formula is C10H16O2S. The van der Waals surface area contributed by atoms with Crippen LogP contribution in [-0.2, 0) is 4.74 Å². The number of aliphatic hydroxyl groups excluding tert-OH is 1. The SMILES string of the molecule is CCCOCCC(O)c1cccs1. The van der Waals surface area contributed by atoms with Gasteiger partial charge in [-0.2, -0.15) is 0 Å². The van der Waals surface area contributed by atoms with E-state index in [1.54, 1.807) is 11.3 Å². The minimum atomic E-state index is -0.350. The lowest BCUT2D eigenvalue weighted by Gasteiger charge is -2.08. The van der Waals surface area contributed by atoms with Gasteiger partial charge >= 0.3 is 0 Å². The van der Waals surface area contributed by atoms with E-state index in [2.05, 4.69) is 6.92 Å². The van der Waals surface area contributed by atoms with Gasteiger partial charge in [0.15, 0.2) is 0 Å². The van der Waals surface area contributed by atoms with Gasteiger partial charge in [0.05, 0.1) is 6.10 Å². The summed E-state index contributed by atoms with van der Waals surface area (Å²) in [5, 5.41) is 11.6. The topological polar surface area (TPSA) is 29.5 Å². The largest absolute Gasteiger partial charge is 0.387 e. The van der Waals surface area contributed by atoms with Gasteiger partial charge in [-0.1, -0.05) is 13.0 Å². The zero-order chi connectivity index (χ0) is 9.52. The molecule has 1 aromatic rings. The van der Waals surface area contributed by atoms with E-state index in [0.29, 0.717) is 13.0 Å². The number of aliphatic hydroxyl groups is 1. The first-order chi connectivity index (χ1) is 6.34. The van der Waals surface area contributed by atoms with E-state index >= 15 is 0 Å². The van der Waals surface area contributed by atoms with Crippen molar-refractivity contribution in [1.82, 2.24) is 0 Å². The van der Waals surface area contributed by atoms with Crippen LogP contribution < -0.4 is 0 Å². The predicted octanol–water partition coefficient (Wildman–Crippen LogP) is 2.60. The Bertz CT molecular complexity index is 209. The van der Waals surface area contributed by atoms with Gasteiger partial charge in [-0.05, 0) is 17.9 Å². The second-order valence-corrected chi connectivity index (χ2v) is 3.91. The molecular weight excluding hydrogens is 184 g/mol. The molecule has 0 spiro atoms. The Balaban J connectivity index is 2.15. The Morgan fingerprint density at radius 3 is 3.00 bits per heavy atom. The van der Waals surface area contributed by atoms with Gasteiger partial charge in [-0.15, -0.1) is 11.3 Å². The fourth-order valence-electron chi connectivity index (χ4n) is 1.06. The van der Waals surface area contributed by atoms with Crippen LogP contribution in [0.2, 0.25) is 0 Å². The molecule has 0 saturated carbocycles. The summed E-state index contributed by atoms with van der Waals surface area (Å²) in [4.78, 5) is 1.03. The molecule has 1 N–H and O–H groups in total. The molecule has 0 aromatic carbocycles. The lowest BCUT2D eigenvalue weighted by Crippen LogP contribution is -2.02. The summed E-state index contributed by atoms with van der Waals surface area (Å²) >= 11 is 1.59. The fourth-order valence-corrected chi connectivity index (χ4v) is 1.81. The highest BCUT2D eigenvalue weighted by molar-refractivity contribution is 7.10. The summed E-state index contributed by atoms with van der Waals surface area (Å²) in [6.07, 6.45) is 1.38. The van der Waals surface area contributed by atoms with Crippen molar-refractivity contribution < 1.29 is 9.84 Å². The molecule has 1 heterocycles. The van der Waals surface area contributed by atoms with Crippen LogP contribution in [0.25, 0.3) is 0 Å². The maximum absolute atomic E-state index is 9.64. The maximum Gasteiger partial charge on any atom is 0.0903 e. The first-order valence-corrected chi connectivity index (χ1v) is 5.51. The monoisotopic (exact) mass is 200 g/mol. The average Bonchev–Trinajstić information content (AvgIpc) is 2.65. The Morgan fingerprint density at radius 1 is 1.54 bits per heavy atom. The van der Waals surface area contributed by atoms with E-state index < -0.39 is 0 Å². The lowest BCUT2D eigenvalue weighted by molar-refractivity contribution is 0.0837. The van der Waals surface area contributed by atoms with Crippen molar-refractivity contribution in [2.75, 3.05) is 13.2 Å². The quantitative estimate of drug-likeness (QED) is 0.715. The third-order valence-electron chi connectivity index (χ3n) is 1.76. The van der Waals surface area contributed by atoms with E-state index in [-0.39, 0.29) is 6.10 Å². The van der Waals surface area contributed by atoms with E-state index in [0.717, 1.165) is 17.9 Å². The summed E-state index contributed by atoms with van der Waals surface area (Å²) < 4.78 is 5.30. The van der Waals surface area contributed by atoms with Gasteiger partial charge in [-0.3, -0.25) is 0 Å². The molecule has 0 aliphatic carbocycles. The predicted molar refractivity (Wildman–Crippen MR) is 55.0 cm³/mol. The smallest absolute Gasteiger partial charge is 0.0903 e. The molecule has 1 unspecified atom stereocenters. The van der Waals surface area contributed by atoms with Crippen LogP contribution in [0, 0.1) is 0 Å². The van der Waals surface area contributed by atoms with Crippen molar-refractivity contribution in [2.45, 2.75) is 25.9 Å². The number of hydrogen-bond donors (Lipinski definition) is 1. The minimum Gasteiger partial charge on any atom is -0.387 e. The molecule has 0 radical (unpaired) electrons. The summed E-state index contributed by atoms with van der Waals surface area (Å²) in [6, 6.07) is 3.91. The number of hydrogen-bond acceptors (Lipinski definition) is 3. The van der Waals surface area contributed by atoms with E-state index in [9.17, 15) is 5.11 Å². The molecule has 1 rings (SSSR count). The zero-order valence-electron chi connectivity index (χ0n) is 7.90. The minimum absolute atomic E-state index is 0.350. The van der Waals surface area contributed by atoms with Gasteiger partial charge in [0.2, 0.25) is 0 Å². The lowest BCUT2D eigenvalue weighted by atomic mass is 10.2. The fraction of sp³-hybridized carbons (Fsp3) is 0.600. The number of thiophene rings is 1. The normalized spacial score (nSPS) is 13.1. The van der Waals surface area contributed by atoms with E-state index in [1.165, 1.54) is 0 Å². The first-order valence-electron chi connectivity index (χ1n) is 4.63. The second kappa shape index (κ2) is 6.13. The van der Waals surface area contributed by atoms with Crippen molar-refractivity contribution >= 4 is 11.3 Å². The highest BCUT2D eigenvalue weighted by atomic mass is 32.1. The van der Waals surface area contributed by atoms with Crippen LogP contribution in [0.1, 0.15) is 30.7 Å². The summed E-state index contributed by atoms with van der Waals surface area (Å²) in [6.45, 7) is 3.51. The van der Waals surface area contributed by atoms with Crippen molar-refractivity contribution in [3.05, 3.63) is 22.4 Å². The second-order valence-electron chi connectivity index (χ2n) is 2.93. The number of rotatable bonds is 6. The van der Waals surface area contributed by atoms with Gasteiger partial charge in [0.1, 0.15) is 0 Å². The van der Waals surface area contributed by atoms with Crippen LogP contribution in [0.3, 0.4) is 0 Å². The first kappa shape index (κ1) is 10.7. The van der Waals surface area contributed by atoms with Gasteiger partial charge in [0, 0.05) is 24.5 Å². The number of ether oxygens (including phenoxy) is 1. The molecule has 0 amide bonds. The molecule has 0 aliphatic heterocycles. The molecule has 74 valence electrons. The average molecular weight is 200 g/mol. The Hall–Kier alpha value is -0.380. The van der Waals surface area contributed by atoms with Crippen LogP contribution in [0.5, 0.6) is 0 Å². The summed E-state index contributed by atoms with van der Waals surface area (Å²) in [5.41, 5.74) is 0. The molecule has 0 saturated heterocycles. The molecule has 3 heteroatoms. The highest BCUT2D eigenvalue weighted by Gasteiger charge is 2.07. The maximum atomic E-state index is 9.64. The van der Waals surface area contributed by atoms with Gasteiger partial charge in [-0.25, -0.2) is 0 Å². The Kier molecular flexibility index (Phi) is 5.05. The summed E-state index contributed by atoms with van der Waals surface area (Å²) in [5.74, 6) is 0. The summed E-state index contributed by atoms with van der Waals surface area (Å²) in [7, 11) is 0. The highest BCUT2D eigenvalue weighted by Crippen LogP contribution is 2.21. The molecule has 1 atom stereocenters. The molecule has 1 aromatic heterocycles. The van der Waals surface area contributed by atoms with Crippen molar-refractivity contribution in [1.29, 1.82) is 0 Å². The zero-order valence-corrected chi connectivity index (χ0v) is 8.72. The third-order valence-corrected chi connectivity index (χ3v) is 2.73. The van der Waals surface area contributed by atoms with E-state index in [1.807, 2.05) is 17.5 Å². The molecule has 13 heavy (non-hydrogen) atoms. The molecule has 0 fully saturated rings. The van der Waals surface area contributed by atoms with Crippen molar-refractivity contribution in [2.24, 2.45) is 0 Å². The van der Waals surface area contributed by atoms with Crippen LogP contribution in [0.15, 0.2) is 17.5 Å². The standard InChI is InChI=1S/C10H16O2S/c1-2-6-12-7-5-9(11)10-4-3-8-13-10/h3-4,8-9,11H,2,5-7H2,1H3. The third kappa shape index (κ3) is 3.89. The van der Waals surface area contributed by atoms with Crippen LogP contribution in [-0.4, -0.2) is 18.3 Å².